The predicted octanol–water partition coefficient (Wildman–Crippen LogP) is 3.48. The first-order valence-electron chi connectivity index (χ1n) is 6.79. The number of hydrogen-bond donors (Lipinski definition) is 1. The van der Waals surface area contributed by atoms with E-state index in [0.717, 1.165) is 11.8 Å². The van der Waals surface area contributed by atoms with Gasteiger partial charge >= 0.3 is 0 Å². The third-order valence-corrected chi connectivity index (χ3v) is 4.10. The molecule has 1 unspecified atom stereocenters. The molecule has 0 spiro atoms. The SMILES string of the molecule is CNC(c1cncc(C)c1)C1CCC(C)CC1. The Hall–Kier alpha value is -0.890. The van der Waals surface area contributed by atoms with E-state index in [9.17, 15) is 0 Å². The van der Waals surface area contributed by atoms with Gasteiger partial charge in [0.25, 0.3) is 0 Å². The summed E-state index contributed by atoms with van der Waals surface area (Å²) in [6.45, 7) is 4.49. The van der Waals surface area contributed by atoms with Crippen molar-refractivity contribution in [3.63, 3.8) is 0 Å². The van der Waals surface area contributed by atoms with Crippen LogP contribution in [0.2, 0.25) is 0 Å². The molecule has 1 saturated carbocycles. The van der Waals surface area contributed by atoms with Crippen LogP contribution in [0.5, 0.6) is 0 Å². The highest BCUT2D eigenvalue weighted by atomic mass is 14.9. The Kier molecular flexibility index (Phi) is 4.16. The molecule has 2 nitrogen and oxygen atoms in total. The Morgan fingerprint density at radius 3 is 2.53 bits per heavy atom. The van der Waals surface area contributed by atoms with E-state index < -0.39 is 0 Å². The predicted molar refractivity (Wildman–Crippen MR) is 71.9 cm³/mol. The minimum Gasteiger partial charge on any atom is -0.313 e. The molecule has 94 valence electrons. The van der Waals surface area contributed by atoms with Gasteiger partial charge in [0, 0.05) is 18.4 Å². The number of pyridine rings is 1. The van der Waals surface area contributed by atoms with Gasteiger partial charge in [0.15, 0.2) is 0 Å². The third kappa shape index (κ3) is 3.06. The van der Waals surface area contributed by atoms with Crippen molar-refractivity contribution in [2.75, 3.05) is 7.05 Å². The van der Waals surface area contributed by atoms with Crippen LogP contribution in [-0.2, 0) is 0 Å². The third-order valence-electron chi connectivity index (χ3n) is 4.10. The normalized spacial score (nSPS) is 26.8. The lowest BCUT2D eigenvalue weighted by molar-refractivity contribution is 0.237. The molecule has 1 heterocycles. The molecule has 1 N–H and O–H groups in total. The average molecular weight is 232 g/mol. The molecule has 0 bridgehead atoms. The van der Waals surface area contributed by atoms with E-state index in [4.69, 9.17) is 0 Å². The van der Waals surface area contributed by atoms with Gasteiger partial charge in [-0.1, -0.05) is 25.8 Å². The van der Waals surface area contributed by atoms with Gasteiger partial charge in [-0.05, 0) is 49.8 Å². The van der Waals surface area contributed by atoms with E-state index in [-0.39, 0.29) is 0 Å². The van der Waals surface area contributed by atoms with E-state index in [1.165, 1.54) is 36.8 Å². The summed E-state index contributed by atoms with van der Waals surface area (Å²) in [7, 11) is 2.07. The molecule has 1 aliphatic rings. The lowest BCUT2D eigenvalue weighted by Gasteiger charge is -2.32. The van der Waals surface area contributed by atoms with Crippen LogP contribution >= 0.6 is 0 Å². The fourth-order valence-corrected chi connectivity index (χ4v) is 3.04. The van der Waals surface area contributed by atoms with E-state index >= 15 is 0 Å². The lowest BCUT2D eigenvalue weighted by atomic mass is 9.77. The fourth-order valence-electron chi connectivity index (χ4n) is 3.04. The van der Waals surface area contributed by atoms with Crippen molar-refractivity contribution in [3.8, 4) is 0 Å². The standard InChI is InChI=1S/C15H24N2/c1-11-4-6-13(7-5-11)15(16-3)14-8-12(2)9-17-10-14/h8-11,13,15-16H,4-7H2,1-3H3. The maximum Gasteiger partial charge on any atom is 0.0361 e. The summed E-state index contributed by atoms with van der Waals surface area (Å²) in [5.74, 6) is 1.69. The van der Waals surface area contributed by atoms with Gasteiger partial charge in [-0.15, -0.1) is 0 Å². The Balaban J connectivity index is 2.10. The molecule has 1 fully saturated rings. The van der Waals surface area contributed by atoms with Crippen LogP contribution in [0.15, 0.2) is 18.5 Å². The van der Waals surface area contributed by atoms with Crippen molar-refractivity contribution in [3.05, 3.63) is 29.6 Å². The highest BCUT2D eigenvalue weighted by Crippen LogP contribution is 2.36. The molecule has 17 heavy (non-hydrogen) atoms. The number of nitrogens with one attached hydrogen (secondary N) is 1. The van der Waals surface area contributed by atoms with Crippen molar-refractivity contribution in [1.82, 2.24) is 10.3 Å². The number of aryl methyl sites for hydroxylation is 1. The van der Waals surface area contributed by atoms with Crippen molar-refractivity contribution in [2.45, 2.75) is 45.6 Å². The maximum absolute atomic E-state index is 4.32. The van der Waals surface area contributed by atoms with E-state index in [1.807, 2.05) is 12.4 Å². The first kappa shape index (κ1) is 12.6. The second-order valence-electron chi connectivity index (χ2n) is 5.58. The van der Waals surface area contributed by atoms with Gasteiger partial charge in [-0.25, -0.2) is 0 Å². The summed E-state index contributed by atoms with van der Waals surface area (Å²) in [5.41, 5.74) is 2.61. The van der Waals surface area contributed by atoms with Crippen LogP contribution in [-0.4, -0.2) is 12.0 Å². The molecule has 0 aromatic carbocycles. The monoisotopic (exact) mass is 232 g/mol. The maximum atomic E-state index is 4.32. The summed E-state index contributed by atoms with van der Waals surface area (Å²) in [5, 5.41) is 3.49. The van der Waals surface area contributed by atoms with Crippen molar-refractivity contribution in [1.29, 1.82) is 0 Å². The van der Waals surface area contributed by atoms with Crippen molar-refractivity contribution < 1.29 is 0 Å². The Bertz CT molecular complexity index is 354. The minimum atomic E-state index is 0.481. The average Bonchev–Trinajstić information content (AvgIpc) is 2.33. The summed E-state index contributed by atoms with van der Waals surface area (Å²) >= 11 is 0. The number of nitrogens with zero attached hydrogens (tertiary/aromatic N) is 1. The molecule has 0 aliphatic heterocycles. The molecule has 0 radical (unpaired) electrons. The first-order valence-corrected chi connectivity index (χ1v) is 6.79. The summed E-state index contributed by atoms with van der Waals surface area (Å²) in [4.78, 5) is 4.32. The minimum absolute atomic E-state index is 0.481. The summed E-state index contributed by atoms with van der Waals surface area (Å²) in [6.07, 6.45) is 9.40. The second kappa shape index (κ2) is 5.63. The topological polar surface area (TPSA) is 24.9 Å². The van der Waals surface area contributed by atoms with E-state index in [2.05, 4.69) is 37.3 Å². The van der Waals surface area contributed by atoms with Gasteiger partial charge in [0.2, 0.25) is 0 Å². The molecule has 2 rings (SSSR count). The molecule has 1 aliphatic carbocycles. The highest BCUT2D eigenvalue weighted by molar-refractivity contribution is 5.21. The van der Waals surface area contributed by atoms with Gasteiger partial charge in [-0.3, -0.25) is 4.98 Å². The van der Waals surface area contributed by atoms with Crippen LogP contribution < -0.4 is 5.32 Å². The van der Waals surface area contributed by atoms with Gasteiger partial charge in [0.05, 0.1) is 0 Å². The Morgan fingerprint density at radius 2 is 1.94 bits per heavy atom. The fraction of sp³-hybridized carbons (Fsp3) is 0.667. The first-order chi connectivity index (χ1) is 8.20. The quantitative estimate of drug-likeness (QED) is 0.863. The number of aromatic nitrogens is 1. The van der Waals surface area contributed by atoms with Gasteiger partial charge < -0.3 is 5.32 Å². The van der Waals surface area contributed by atoms with Crippen molar-refractivity contribution >= 4 is 0 Å². The number of hydrogen-bond acceptors (Lipinski definition) is 2. The molecule has 1 atom stereocenters. The largest absolute Gasteiger partial charge is 0.313 e. The zero-order valence-corrected chi connectivity index (χ0v) is 11.2. The summed E-state index contributed by atoms with van der Waals surface area (Å²) < 4.78 is 0. The van der Waals surface area contributed by atoms with Crippen molar-refractivity contribution in [2.24, 2.45) is 11.8 Å². The Labute approximate surface area is 105 Å². The lowest BCUT2D eigenvalue weighted by Crippen LogP contribution is -2.28. The van der Waals surface area contributed by atoms with Crippen LogP contribution in [0, 0.1) is 18.8 Å². The smallest absolute Gasteiger partial charge is 0.0361 e. The zero-order chi connectivity index (χ0) is 12.3. The summed E-state index contributed by atoms with van der Waals surface area (Å²) in [6, 6.07) is 2.75. The molecular weight excluding hydrogens is 208 g/mol. The molecule has 1 aromatic rings. The van der Waals surface area contributed by atoms with Gasteiger partial charge in [-0.2, -0.15) is 0 Å². The number of rotatable bonds is 3. The van der Waals surface area contributed by atoms with E-state index in [1.54, 1.807) is 0 Å². The zero-order valence-electron chi connectivity index (χ0n) is 11.2. The van der Waals surface area contributed by atoms with Crippen LogP contribution in [0.1, 0.15) is 49.8 Å². The van der Waals surface area contributed by atoms with Crippen LogP contribution in [0.4, 0.5) is 0 Å². The molecular formula is C15H24N2. The van der Waals surface area contributed by atoms with Crippen LogP contribution in [0.3, 0.4) is 0 Å². The van der Waals surface area contributed by atoms with Gasteiger partial charge in [0.1, 0.15) is 0 Å². The molecule has 2 heteroatoms. The highest BCUT2D eigenvalue weighted by Gasteiger charge is 2.26. The molecule has 1 aromatic heterocycles. The Morgan fingerprint density at radius 1 is 1.24 bits per heavy atom. The molecule has 0 saturated heterocycles. The molecule has 0 amide bonds. The second-order valence-corrected chi connectivity index (χ2v) is 5.58. The van der Waals surface area contributed by atoms with E-state index in [0.29, 0.717) is 6.04 Å². The van der Waals surface area contributed by atoms with Crippen LogP contribution in [0.25, 0.3) is 0 Å².